The summed E-state index contributed by atoms with van der Waals surface area (Å²) in [5.41, 5.74) is 1.94. The van der Waals surface area contributed by atoms with Crippen molar-refractivity contribution in [2.24, 2.45) is 5.41 Å². The minimum atomic E-state index is -4.48. The second-order valence-electron chi connectivity index (χ2n) is 9.87. The molecule has 0 unspecified atom stereocenters. The van der Waals surface area contributed by atoms with Crippen LogP contribution in [0.15, 0.2) is 67.0 Å². The van der Waals surface area contributed by atoms with Crippen molar-refractivity contribution >= 4 is 34.1 Å². The third kappa shape index (κ3) is 5.80. The van der Waals surface area contributed by atoms with E-state index in [1.54, 1.807) is 49.5 Å². The number of hydrogen-bond donors (Lipinski definition) is 3. The Kier molecular flexibility index (Phi) is 7.14. The molecule has 2 aromatic carbocycles. The molecule has 1 amide bonds. The highest BCUT2D eigenvalue weighted by molar-refractivity contribution is 6.01. The predicted molar refractivity (Wildman–Crippen MR) is 141 cm³/mol. The number of nitrogens with zero attached hydrogens (tertiary/aromatic N) is 1. The van der Waals surface area contributed by atoms with Gasteiger partial charge in [-0.05, 0) is 55.3 Å². The van der Waals surface area contributed by atoms with Gasteiger partial charge in [0.1, 0.15) is 0 Å². The number of aryl methyl sites for hydroxylation is 1. The fourth-order valence-electron chi connectivity index (χ4n) is 4.73. The number of alkyl halides is 3. The number of anilines is 2. The Balaban J connectivity index is 1.23. The van der Waals surface area contributed by atoms with Gasteiger partial charge in [-0.15, -0.1) is 0 Å². The Labute approximate surface area is 222 Å². The lowest BCUT2D eigenvalue weighted by molar-refractivity contribution is -0.137. The van der Waals surface area contributed by atoms with Crippen LogP contribution in [-0.2, 0) is 22.3 Å². The van der Waals surface area contributed by atoms with Gasteiger partial charge < -0.3 is 20.4 Å². The van der Waals surface area contributed by atoms with Crippen LogP contribution in [0.2, 0.25) is 0 Å². The summed E-state index contributed by atoms with van der Waals surface area (Å²) < 4.78 is 45.8. The molecular formula is C29H27F3N4O3. The molecule has 3 heterocycles. The number of nitrogens with one attached hydrogen (secondary N) is 3. The molecule has 5 rings (SSSR count). The van der Waals surface area contributed by atoms with Crippen LogP contribution in [0.25, 0.3) is 11.0 Å². The van der Waals surface area contributed by atoms with Crippen molar-refractivity contribution in [3.63, 3.8) is 0 Å². The molecule has 2 aromatic heterocycles. The summed E-state index contributed by atoms with van der Waals surface area (Å²) in [6, 6.07) is 14.4. The highest BCUT2D eigenvalue weighted by Gasteiger charge is 2.44. The molecule has 3 N–H and O–H groups in total. The number of carbonyl (C=O) groups excluding carboxylic acids is 2. The Bertz CT molecular complexity index is 1510. The summed E-state index contributed by atoms with van der Waals surface area (Å²) in [4.78, 5) is 33.7. The highest BCUT2D eigenvalue weighted by Crippen LogP contribution is 2.37. The van der Waals surface area contributed by atoms with Crippen molar-refractivity contribution in [3.05, 3.63) is 89.2 Å². The maximum absolute atomic E-state index is 13.4. The summed E-state index contributed by atoms with van der Waals surface area (Å²) in [7, 11) is 0. The van der Waals surface area contributed by atoms with E-state index in [9.17, 15) is 22.8 Å². The van der Waals surface area contributed by atoms with E-state index >= 15 is 0 Å². The summed E-state index contributed by atoms with van der Waals surface area (Å²) in [5.74, 6) is -0.469. The molecule has 1 aliphatic rings. The fourth-order valence-corrected chi connectivity index (χ4v) is 4.73. The molecule has 10 heteroatoms. The molecule has 0 aliphatic carbocycles. The number of amides is 1. The van der Waals surface area contributed by atoms with E-state index in [-0.39, 0.29) is 37.0 Å². The van der Waals surface area contributed by atoms with Gasteiger partial charge in [0.25, 0.3) is 0 Å². The summed E-state index contributed by atoms with van der Waals surface area (Å²) in [6.07, 6.45) is -0.803. The van der Waals surface area contributed by atoms with Gasteiger partial charge in [-0.25, -0.2) is 0 Å². The van der Waals surface area contributed by atoms with Crippen LogP contribution in [-0.4, -0.2) is 34.9 Å². The number of ketones is 1. The van der Waals surface area contributed by atoms with E-state index in [2.05, 4.69) is 20.6 Å². The highest BCUT2D eigenvalue weighted by atomic mass is 19.4. The second kappa shape index (κ2) is 10.5. The first kappa shape index (κ1) is 26.4. The number of aromatic amines is 1. The lowest BCUT2D eigenvalue weighted by Gasteiger charge is -2.25. The minimum Gasteiger partial charge on any atom is -0.380 e. The van der Waals surface area contributed by atoms with Crippen molar-refractivity contribution in [1.29, 1.82) is 0 Å². The molecule has 4 aromatic rings. The van der Waals surface area contributed by atoms with Crippen LogP contribution < -0.4 is 10.6 Å². The van der Waals surface area contributed by atoms with Gasteiger partial charge in [0, 0.05) is 43.2 Å². The maximum Gasteiger partial charge on any atom is 0.418 e. The molecule has 0 saturated carbocycles. The zero-order valence-corrected chi connectivity index (χ0v) is 21.2. The number of halogens is 3. The molecule has 1 atom stereocenters. The van der Waals surface area contributed by atoms with Crippen molar-refractivity contribution in [2.75, 3.05) is 18.5 Å². The normalized spacial score (nSPS) is 17.3. The average Bonchev–Trinajstić information content (AvgIpc) is 3.58. The zero-order chi connectivity index (χ0) is 27.6. The molecule has 1 aliphatic heterocycles. The summed E-state index contributed by atoms with van der Waals surface area (Å²) in [5, 5.41) is 5.73. The predicted octanol–water partition coefficient (Wildman–Crippen LogP) is 5.93. The maximum atomic E-state index is 13.4. The molecule has 0 radical (unpaired) electrons. The quantitative estimate of drug-likeness (QED) is 0.243. The Morgan fingerprint density at radius 1 is 1.10 bits per heavy atom. The van der Waals surface area contributed by atoms with Gasteiger partial charge in [-0.1, -0.05) is 23.8 Å². The number of H-pyrrole nitrogens is 1. The molecule has 1 fully saturated rings. The summed E-state index contributed by atoms with van der Waals surface area (Å²) >= 11 is 0. The van der Waals surface area contributed by atoms with E-state index in [1.807, 2.05) is 6.07 Å². The number of benzene rings is 2. The number of aromatic nitrogens is 2. The van der Waals surface area contributed by atoms with E-state index in [0.717, 1.165) is 22.7 Å². The Hall–Kier alpha value is -4.18. The number of carbonyl (C=O) groups is 2. The molecule has 202 valence electrons. The van der Waals surface area contributed by atoms with Crippen molar-refractivity contribution in [3.8, 4) is 0 Å². The van der Waals surface area contributed by atoms with Crippen LogP contribution in [0.1, 0.15) is 39.9 Å². The Morgan fingerprint density at radius 2 is 1.90 bits per heavy atom. The molecule has 1 saturated heterocycles. The summed E-state index contributed by atoms with van der Waals surface area (Å²) in [6.45, 7) is 2.33. The van der Waals surface area contributed by atoms with Crippen LogP contribution in [0, 0.1) is 12.3 Å². The number of ether oxygens (including phenoxy) is 1. The molecule has 39 heavy (non-hydrogen) atoms. The first-order valence-electron chi connectivity index (χ1n) is 12.5. The molecule has 7 nitrogen and oxygen atoms in total. The SMILES string of the molecule is Cc1ccc(Nc2ccc(CNC(=O)[C@]3(CC(=O)c4cnc5cc[nH]c5c4)CCOC3)cc2)c(C(F)(F)F)c1. The van der Waals surface area contributed by atoms with Crippen LogP contribution >= 0.6 is 0 Å². The van der Waals surface area contributed by atoms with Gasteiger partial charge in [0.15, 0.2) is 5.78 Å². The van der Waals surface area contributed by atoms with Crippen molar-refractivity contribution in [2.45, 2.75) is 32.5 Å². The number of Topliss-reactive ketones (excluding diaryl/α,β-unsaturated/α-hetero) is 1. The van der Waals surface area contributed by atoms with Gasteiger partial charge in [0.05, 0.1) is 34.3 Å². The second-order valence-corrected chi connectivity index (χ2v) is 9.87. The third-order valence-electron chi connectivity index (χ3n) is 6.97. The van der Waals surface area contributed by atoms with Crippen LogP contribution in [0.4, 0.5) is 24.5 Å². The smallest absolute Gasteiger partial charge is 0.380 e. The topological polar surface area (TPSA) is 96.1 Å². The van der Waals surface area contributed by atoms with Crippen LogP contribution in [0.3, 0.4) is 0 Å². The first-order valence-corrected chi connectivity index (χ1v) is 12.5. The largest absolute Gasteiger partial charge is 0.418 e. The monoisotopic (exact) mass is 536 g/mol. The first-order chi connectivity index (χ1) is 18.6. The number of rotatable bonds is 8. The van der Waals surface area contributed by atoms with Gasteiger partial charge >= 0.3 is 6.18 Å². The zero-order valence-electron chi connectivity index (χ0n) is 21.2. The number of fused-ring (bicyclic) bond motifs is 1. The Morgan fingerprint density at radius 3 is 2.62 bits per heavy atom. The van der Waals surface area contributed by atoms with E-state index in [0.29, 0.717) is 29.8 Å². The molecule has 0 spiro atoms. The average molecular weight is 537 g/mol. The van der Waals surface area contributed by atoms with Crippen molar-refractivity contribution < 1.29 is 27.5 Å². The van der Waals surface area contributed by atoms with Gasteiger partial charge in [0.2, 0.25) is 5.91 Å². The van der Waals surface area contributed by atoms with Gasteiger partial charge in [-0.2, -0.15) is 13.2 Å². The third-order valence-corrected chi connectivity index (χ3v) is 6.97. The van der Waals surface area contributed by atoms with E-state index < -0.39 is 17.2 Å². The lowest BCUT2D eigenvalue weighted by atomic mass is 9.80. The molecular weight excluding hydrogens is 509 g/mol. The van der Waals surface area contributed by atoms with Crippen molar-refractivity contribution in [1.82, 2.24) is 15.3 Å². The standard InChI is InChI=1S/C29H27F3N4O3/c1-18-2-7-23(22(12-18)29(30,31)32)36-21-5-3-19(4-6-21)15-35-27(38)28(9-11-39-17-28)14-26(37)20-13-25-24(34-16-20)8-10-33-25/h2-8,10,12-13,16,33,36H,9,11,14-15,17H2,1H3,(H,35,38)/t28-/m0/s1. The molecule has 0 bridgehead atoms. The van der Waals surface area contributed by atoms with E-state index in [4.69, 9.17) is 4.74 Å². The minimum absolute atomic E-state index is 0.00627. The fraction of sp³-hybridized carbons (Fsp3) is 0.276. The van der Waals surface area contributed by atoms with Crippen LogP contribution in [0.5, 0.6) is 0 Å². The number of pyridine rings is 1. The van der Waals surface area contributed by atoms with Gasteiger partial charge in [-0.3, -0.25) is 14.6 Å². The lowest BCUT2D eigenvalue weighted by Crippen LogP contribution is -2.42. The van der Waals surface area contributed by atoms with E-state index in [1.165, 1.54) is 12.3 Å². The number of hydrogen-bond acceptors (Lipinski definition) is 5.